The second-order valence-corrected chi connectivity index (χ2v) is 5.40. The maximum atomic E-state index is 12.1. The highest BCUT2D eigenvalue weighted by Crippen LogP contribution is 2.36. The third-order valence-electron chi connectivity index (χ3n) is 4.01. The second-order valence-electron chi connectivity index (χ2n) is 5.40. The van der Waals surface area contributed by atoms with E-state index in [1.54, 1.807) is 6.08 Å². The first-order valence-electron chi connectivity index (χ1n) is 7.31. The van der Waals surface area contributed by atoms with E-state index in [0.29, 0.717) is 5.57 Å². The Morgan fingerprint density at radius 1 is 1.30 bits per heavy atom. The Hall–Kier alpha value is -1.83. The number of benzene rings is 1. The van der Waals surface area contributed by atoms with Crippen LogP contribution in [-0.2, 0) is 9.53 Å². The normalized spacial score (nSPS) is 17.2. The van der Waals surface area contributed by atoms with Gasteiger partial charge in [-0.15, -0.1) is 0 Å². The molecule has 2 nitrogen and oxygen atoms in total. The minimum Gasteiger partial charge on any atom is -0.456 e. The summed E-state index contributed by atoms with van der Waals surface area (Å²) in [5.74, 6) is -0.291. The number of ether oxygens (including phenoxy) is 1. The SMILES string of the molecule is C=C(C=Cc1ccccc1)C(=O)OC1(CC)CCCC1. The van der Waals surface area contributed by atoms with Crippen LogP contribution in [0, 0.1) is 0 Å². The summed E-state index contributed by atoms with van der Waals surface area (Å²) >= 11 is 0. The van der Waals surface area contributed by atoms with Crippen LogP contribution >= 0.6 is 0 Å². The lowest BCUT2D eigenvalue weighted by Gasteiger charge is -2.27. The smallest absolute Gasteiger partial charge is 0.338 e. The number of hydrogen-bond acceptors (Lipinski definition) is 2. The molecule has 2 heteroatoms. The van der Waals surface area contributed by atoms with Crippen LogP contribution in [0.4, 0.5) is 0 Å². The monoisotopic (exact) mass is 270 g/mol. The highest BCUT2D eigenvalue weighted by atomic mass is 16.6. The quantitative estimate of drug-likeness (QED) is 0.446. The molecule has 0 bridgehead atoms. The molecule has 1 aromatic carbocycles. The van der Waals surface area contributed by atoms with Crippen LogP contribution in [-0.4, -0.2) is 11.6 Å². The van der Waals surface area contributed by atoms with Crippen LogP contribution < -0.4 is 0 Å². The largest absolute Gasteiger partial charge is 0.456 e. The van der Waals surface area contributed by atoms with Crippen molar-refractivity contribution in [3.63, 3.8) is 0 Å². The number of hydrogen-bond donors (Lipinski definition) is 0. The molecule has 0 heterocycles. The van der Waals surface area contributed by atoms with Gasteiger partial charge in [0.2, 0.25) is 0 Å². The van der Waals surface area contributed by atoms with Crippen LogP contribution in [0.2, 0.25) is 0 Å². The molecule has 1 fully saturated rings. The van der Waals surface area contributed by atoms with Crippen molar-refractivity contribution in [3.05, 3.63) is 54.1 Å². The molecule has 2 rings (SSSR count). The van der Waals surface area contributed by atoms with Crippen LogP contribution in [0.25, 0.3) is 6.08 Å². The van der Waals surface area contributed by atoms with Crippen molar-refractivity contribution in [3.8, 4) is 0 Å². The molecule has 1 aromatic rings. The van der Waals surface area contributed by atoms with Crippen molar-refractivity contribution in [2.24, 2.45) is 0 Å². The average molecular weight is 270 g/mol. The molecule has 0 aromatic heterocycles. The molecule has 0 unspecified atom stereocenters. The predicted molar refractivity (Wildman–Crippen MR) is 82.2 cm³/mol. The summed E-state index contributed by atoms with van der Waals surface area (Å²) in [6, 6.07) is 9.86. The molecule has 0 radical (unpaired) electrons. The standard InChI is InChI=1S/C18H22O2/c1-3-18(13-7-8-14-18)20-17(19)15(2)11-12-16-9-5-4-6-10-16/h4-6,9-12H,2-3,7-8,13-14H2,1H3. The summed E-state index contributed by atoms with van der Waals surface area (Å²) in [4.78, 5) is 12.1. The molecule has 0 aliphatic heterocycles. The van der Waals surface area contributed by atoms with Gasteiger partial charge in [-0.3, -0.25) is 0 Å². The lowest BCUT2D eigenvalue weighted by molar-refractivity contribution is -0.154. The van der Waals surface area contributed by atoms with Crippen molar-refractivity contribution >= 4 is 12.0 Å². The summed E-state index contributed by atoms with van der Waals surface area (Å²) in [5.41, 5.74) is 1.21. The zero-order valence-corrected chi connectivity index (χ0v) is 12.1. The Morgan fingerprint density at radius 3 is 2.55 bits per heavy atom. The van der Waals surface area contributed by atoms with E-state index >= 15 is 0 Å². The van der Waals surface area contributed by atoms with Crippen LogP contribution in [0.5, 0.6) is 0 Å². The molecule has 1 aliphatic rings. The molecule has 106 valence electrons. The molecular weight excluding hydrogens is 248 g/mol. The van der Waals surface area contributed by atoms with Gasteiger partial charge in [0, 0.05) is 0 Å². The Balaban J connectivity index is 1.95. The van der Waals surface area contributed by atoms with E-state index in [1.165, 1.54) is 0 Å². The zero-order chi connectivity index (χ0) is 14.4. The van der Waals surface area contributed by atoms with Gasteiger partial charge in [-0.1, -0.05) is 49.9 Å². The molecule has 1 aliphatic carbocycles. The lowest BCUT2D eigenvalue weighted by Crippen LogP contribution is -2.31. The van der Waals surface area contributed by atoms with Gasteiger partial charge in [-0.25, -0.2) is 4.79 Å². The molecule has 20 heavy (non-hydrogen) atoms. The van der Waals surface area contributed by atoms with E-state index in [2.05, 4.69) is 13.5 Å². The van der Waals surface area contributed by atoms with Crippen molar-refractivity contribution < 1.29 is 9.53 Å². The molecule has 0 atom stereocenters. The van der Waals surface area contributed by atoms with Crippen molar-refractivity contribution in [2.75, 3.05) is 0 Å². The molecule has 0 amide bonds. The Bertz CT molecular complexity index is 493. The fraction of sp³-hybridized carbons (Fsp3) is 0.389. The summed E-state index contributed by atoms with van der Waals surface area (Å²) in [6.45, 7) is 5.90. The highest BCUT2D eigenvalue weighted by molar-refractivity contribution is 5.92. The van der Waals surface area contributed by atoms with E-state index in [9.17, 15) is 4.79 Å². The highest BCUT2D eigenvalue weighted by Gasteiger charge is 2.35. The summed E-state index contributed by atoms with van der Waals surface area (Å²) in [7, 11) is 0. The Labute approximate surface area is 121 Å². The second kappa shape index (κ2) is 6.56. The van der Waals surface area contributed by atoms with E-state index < -0.39 is 0 Å². The fourth-order valence-electron chi connectivity index (χ4n) is 2.64. The van der Waals surface area contributed by atoms with Crippen molar-refractivity contribution in [1.82, 2.24) is 0 Å². The van der Waals surface area contributed by atoms with Gasteiger partial charge in [0.05, 0.1) is 5.57 Å². The molecule has 0 saturated heterocycles. The minimum atomic E-state index is -0.291. The Morgan fingerprint density at radius 2 is 1.95 bits per heavy atom. The van der Waals surface area contributed by atoms with Gasteiger partial charge in [0.25, 0.3) is 0 Å². The predicted octanol–water partition coefficient (Wildman–Crippen LogP) is 4.52. The van der Waals surface area contributed by atoms with Crippen molar-refractivity contribution in [2.45, 2.75) is 44.6 Å². The lowest BCUT2D eigenvalue weighted by atomic mass is 9.98. The summed E-state index contributed by atoms with van der Waals surface area (Å²) in [6.07, 6.45) is 8.75. The zero-order valence-electron chi connectivity index (χ0n) is 12.1. The number of rotatable bonds is 5. The van der Waals surface area contributed by atoms with E-state index in [4.69, 9.17) is 4.74 Å². The van der Waals surface area contributed by atoms with Crippen LogP contribution in [0.1, 0.15) is 44.6 Å². The number of esters is 1. The molecule has 0 spiro atoms. The van der Waals surface area contributed by atoms with Gasteiger partial charge in [0.1, 0.15) is 5.60 Å². The fourth-order valence-corrected chi connectivity index (χ4v) is 2.64. The van der Waals surface area contributed by atoms with Gasteiger partial charge in [-0.05, 0) is 43.7 Å². The molecular formula is C18H22O2. The average Bonchev–Trinajstić information content (AvgIpc) is 2.95. The number of carbonyl (C=O) groups excluding carboxylic acids is 1. The topological polar surface area (TPSA) is 26.3 Å². The van der Waals surface area contributed by atoms with Crippen LogP contribution in [0.15, 0.2) is 48.6 Å². The van der Waals surface area contributed by atoms with Gasteiger partial charge in [-0.2, -0.15) is 0 Å². The first-order valence-corrected chi connectivity index (χ1v) is 7.31. The van der Waals surface area contributed by atoms with Gasteiger partial charge in [0.15, 0.2) is 0 Å². The van der Waals surface area contributed by atoms with E-state index in [1.807, 2.05) is 36.4 Å². The van der Waals surface area contributed by atoms with E-state index in [0.717, 1.165) is 37.7 Å². The third kappa shape index (κ3) is 3.60. The summed E-state index contributed by atoms with van der Waals surface area (Å²) < 4.78 is 5.71. The number of carbonyl (C=O) groups is 1. The van der Waals surface area contributed by atoms with E-state index in [-0.39, 0.29) is 11.6 Å². The molecule has 0 N–H and O–H groups in total. The Kier molecular flexibility index (Phi) is 4.78. The third-order valence-corrected chi connectivity index (χ3v) is 4.01. The molecule has 1 saturated carbocycles. The first kappa shape index (κ1) is 14.6. The maximum absolute atomic E-state index is 12.1. The minimum absolute atomic E-state index is 0.249. The van der Waals surface area contributed by atoms with Gasteiger partial charge < -0.3 is 4.74 Å². The summed E-state index contributed by atoms with van der Waals surface area (Å²) in [5, 5.41) is 0. The van der Waals surface area contributed by atoms with Crippen molar-refractivity contribution in [1.29, 1.82) is 0 Å². The van der Waals surface area contributed by atoms with Crippen LogP contribution in [0.3, 0.4) is 0 Å². The maximum Gasteiger partial charge on any atom is 0.338 e. The van der Waals surface area contributed by atoms with Gasteiger partial charge >= 0.3 is 5.97 Å². The first-order chi connectivity index (χ1) is 9.65.